The minimum absolute atomic E-state index is 0.0831. The lowest BCUT2D eigenvalue weighted by atomic mass is 10.1. The van der Waals surface area contributed by atoms with E-state index in [4.69, 9.17) is 4.74 Å². The predicted octanol–water partition coefficient (Wildman–Crippen LogP) is -1.06. The van der Waals surface area contributed by atoms with Crippen LogP contribution in [0, 0.1) is 5.92 Å². The maximum absolute atomic E-state index is 12.0. The fraction of sp³-hybridized carbons (Fsp3) is 0.667. The van der Waals surface area contributed by atoms with E-state index in [1.165, 1.54) is 7.11 Å². The minimum atomic E-state index is -0.956. The summed E-state index contributed by atoms with van der Waals surface area (Å²) in [6.07, 6.45) is 2.02. The predicted molar refractivity (Wildman–Crippen MR) is 63.6 cm³/mol. The molecule has 1 heterocycles. The van der Waals surface area contributed by atoms with E-state index in [0.717, 1.165) is 0 Å². The van der Waals surface area contributed by atoms with E-state index in [0.29, 0.717) is 19.4 Å². The van der Waals surface area contributed by atoms with Crippen molar-refractivity contribution >= 4 is 11.9 Å². The van der Waals surface area contributed by atoms with Gasteiger partial charge in [-0.15, -0.1) is 6.58 Å². The highest BCUT2D eigenvalue weighted by molar-refractivity contribution is 5.93. The van der Waals surface area contributed by atoms with Gasteiger partial charge in [-0.05, 0) is 12.8 Å². The molecule has 0 radical (unpaired) electrons. The lowest BCUT2D eigenvalue weighted by molar-refractivity contribution is -0.147. The van der Waals surface area contributed by atoms with Gasteiger partial charge < -0.3 is 20.5 Å². The van der Waals surface area contributed by atoms with E-state index in [1.54, 1.807) is 6.08 Å². The van der Waals surface area contributed by atoms with Crippen LogP contribution in [0.2, 0.25) is 0 Å². The van der Waals surface area contributed by atoms with Gasteiger partial charge in [-0.2, -0.15) is 0 Å². The summed E-state index contributed by atoms with van der Waals surface area (Å²) in [6, 6.07) is -0.451. The van der Waals surface area contributed by atoms with Crippen LogP contribution in [-0.4, -0.2) is 48.3 Å². The Morgan fingerprint density at radius 2 is 2.33 bits per heavy atom. The number of carbonyl (C=O) groups is 2. The second-order valence-electron chi connectivity index (χ2n) is 4.85. The average Bonchev–Trinajstić information content (AvgIpc) is 2.90. The van der Waals surface area contributed by atoms with Gasteiger partial charge in [0.2, 0.25) is 5.91 Å². The SMILES string of the molecule is C=C[C@@H]1C[C@]1(NC(=O)[C@@H]1C[C@H](O)CN1)C(=O)OC. The van der Waals surface area contributed by atoms with Gasteiger partial charge in [0, 0.05) is 12.5 Å². The molecule has 100 valence electrons. The van der Waals surface area contributed by atoms with Crippen LogP contribution in [-0.2, 0) is 14.3 Å². The molecule has 0 aromatic heterocycles. The van der Waals surface area contributed by atoms with Gasteiger partial charge in [0.05, 0.1) is 19.3 Å². The van der Waals surface area contributed by atoms with Gasteiger partial charge in [0.15, 0.2) is 0 Å². The van der Waals surface area contributed by atoms with Gasteiger partial charge in [0.1, 0.15) is 5.54 Å². The fourth-order valence-electron chi connectivity index (χ4n) is 2.41. The molecule has 1 aliphatic carbocycles. The molecule has 4 atom stereocenters. The molecule has 0 unspecified atom stereocenters. The normalized spacial score (nSPS) is 38.0. The molecule has 0 spiro atoms. The maximum Gasteiger partial charge on any atom is 0.332 e. The minimum Gasteiger partial charge on any atom is -0.467 e. The molecule has 0 aromatic carbocycles. The first-order valence-electron chi connectivity index (χ1n) is 5.98. The molecule has 1 saturated carbocycles. The molecule has 0 bridgehead atoms. The monoisotopic (exact) mass is 254 g/mol. The van der Waals surface area contributed by atoms with Crippen LogP contribution in [0.5, 0.6) is 0 Å². The molecule has 1 saturated heterocycles. The molecule has 1 aliphatic heterocycles. The van der Waals surface area contributed by atoms with Crippen LogP contribution >= 0.6 is 0 Å². The number of hydrogen-bond donors (Lipinski definition) is 3. The molecular weight excluding hydrogens is 236 g/mol. The molecule has 2 fully saturated rings. The summed E-state index contributed by atoms with van der Waals surface area (Å²) in [4.78, 5) is 23.7. The Balaban J connectivity index is 2.00. The van der Waals surface area contributed by atoms with Crippen LogP contribution in [0.1, 0.15) is 12.8 Å². The van der Waals surface area contributed by atoms with E-state index in [2.05, 4.69) is 17.2 Å². The number of rotatable bonds is 4. The first kappa shape index (κ1) is 13.0. The quantitative estimate of drug-likeness (QED) is 0.440. The van der Waals surface area contributed by atoms with Crippen molar-refractivity contribution in [2.75, 3.05) is 13.7 Å². The molecule has 1 amide bonds. The Morgan fingerprint density at radius 3 is 2.78 bits per heavy atom. The Labute approximate surface area is 105 Å². The summed E-state index contributed by atoms with van der Waals surface area (Å²) >= 11 is 0. The molecular formula is C12H18N2O4. The van der Waals surface area contributed by atoms with E-state index >= 15 is 0 Å². The van der Waals surface area contributed by atoms with Gasteiger partial charge in [-0.1, -0.05) is 6.08 Å². The zero-order valence-corrected chi connectivity index (χ0v) is 10.3. The molecule has 0 aromatic rings. The largest absolute Gasteiger partial charge is 0.467 e. The highest BCUT2D eigenvalue weighted by atomic mass is 16.5. The van der Waals surface area contributed by atoms with Crippen molar-refractivity contribution < 1.29 is 19.4 Å². The second-order valence-corrected chi connectivity index (χ2v) is 4.85. The van der Waals surface area contributed by atoms with Gasteiger partial charge >= 0.3 is 5.97 Å². The summed E-state index contributed by atoms with van der Waals surface area (Å²) in [5, 5.41) is 15.0. The number of methoxy groups -OCH3 is 1. The summed E-state index contributed by atoms with van der Waals surface area (Å²) in [6.45, 7) is 4.03. The summed E-state index contributed by atoms with van der Waals surface area (Å²) < 4.78 is 4.72. The fourth-order valence-corrected chi connectivity index (χ4v) is 2.41. The van der Waals surface area contributed by atoms with Crippen molar-refractivity contribution in [2.45, 2.75) is 30.5 Å². The Bertz CT molecular complexity index is 384. The van der Waals surface area contributed by atoms with Crippen LogP contribution in [0.25, 0.3) is 0 Å². The first-order valence-corrected chi connectivity index (χ1v) is 5.98. The molecule has 3 N–H and O–H groups in total. The highest BCUT2D eigenvalue weighted by Crippen LogP contribution is 2.45. The van der Waals surface area contributed by atoms with Crippen molar-refractivity contribution in [2.24, 2.45) is 5.92 Å². The molecule has 2 aliphatic rings. The summed E-state index contributed by atoms with van der Waals surface area (Å²) in [7, 11) is 1.30. The van der Waals surface area contributed by atoms with E-state index < -0.39 is 23.7 Å². The van der Waals surface area contributed by atoms with E-state index in [-0.39, 0.29) is 11.8 Å². The molecule has 2 rings (SSSR count). The number of aliphatic hydroxyl groups is 1. The lowest BCUT2D eigenvalue weighted by Crippen LogP contribution is -2.51. The number of nitrogens with one attached hydrogen (secondary N) is 2. The van der Waals surface area contributed by atoms with Gasteiger partial charge in [-0.25, -0.2) is 4.79 Å². The average molecular weight is 254 g/mol. The number of aliphatic hydroxyl groups excluding tert-OH is 1. The second kappa shape index (κ2) is 4.70. The van der Waals surface area contributed by atoms with Crippen molar-refractivity contribution in [3.05, 3.63) is 12.7 Å². The van der Waals surface area contributed by atoms with Gasteiger partial charge in [-0.3, -0.25) is 4.79 Å². The zero-order chi connectivity index (χ0) is 13.3. The highest BCUT2D eigenvalue weighted by Gasteiger charge is 2.61. The van der Waals surface area contributed by atoms with Crippen molar-refractivity contribution in [3.8, 4) is 0 Å². The lowest BCUT2D eigenvalue weighted by Gasteiger charge is -2.19. The maximum atomic E-state index is 12.0. The van der Waals surface area contributed by atoms with Crippen LogP contribution < -0.4 is 10.6 Å². The van der Waals surface area contributed by atoms with Crippen molar-refractivity contribution in [1.82, 2.24) is 10.6 Å². The van der Waals surface area contributed by atoms with Crippen LogP contribution in [0.4, 0.5) is 0 Å². The molecule has 6 nitrogen and oxygen atoms in total. The van der Waals surface area contributed by atoms with Crippen LogP contribution in [0.15, 0.2) is 12.7 Å². The first-order chi connectivity index (χ1) is 8.53. The topological polar surface area (TPSA) is 87.7 Å². The Morgan fingerprint density at radius 1 is 1.61 bits per heavy atom. The molecule has 6 heteroatoms. The third-order valence-corrected chi connectivity index (χ3v) is 3.62. The number of hydrogen-bond acceptors (Lipinski definition) is 5. The number of esters is 1. The molecule has 18 heavy (non-hydrogen) atoms. The third kappa shape index (κ3) is 2.13. The Hall–Kier alpha value is -1.40. The summed E-state index contributed by atoms with van der Waals surface area (Å²) in [5.74, 6) is -0.805. The van der Waals surface area contributed by atoms with Crippen LogP contribution in [0.3, 0.4) is 0 Å². The Kier molecular flexibility index (Phi) is 3.41. The number of β-amino-alcohol motifs (C(OH)–C–C–N with tert-alkyl or cyclic N) is 1. The van der Waals surface area contributed by atoms with Crippen molar-refractivity contribution in [1.29, 1.82) is 0 Å². The van der Waals surface area contributed by atoms with E-state index in [9.17, 15) is 14.7 Å². The van der Waals surface area contributed by atoms with Crippen molar-refractivity contribution in [3.63, 3.8) is 0 Å². The third-order valence-electron chi connectivity index (χ3n) is 3.62. The number of ether oxygens (including phenoxy) is 1. The summed E-state index contributed by atoms with van der Waals surface area (Å²) in [5.41, 5.74) is -0.956. The number of amides is 1. The smallest absolute Gasteiger partial charge is 0.332 e. The van der Waals surface area contributed by atoms with Gasteiger partial charge in [0.25, 0.3) is 0 Å². The van der Waals surface area contributed by atoms with E-state index in [1.807, 2.05) is 0 Å². The standard InChI is InChI=1S/C12H18N2O4/c1-3-7-5-12(7,11(17)18-2)14-10(16)9-4-8(15)6-13-9/h3,7-9,13,15H,1,4-6H2,2H3,(H,14,16)/t7-,8+,9+,12-/m1/s1. The number of carbonyl (C=O) groups excluding carboxylic acids is 2. The zero-order valence-electron chi connectivity index (χ0n) is 10.3.